The van der Waals surface area contributed by atoms with Crippen LogP contribution in [0, 0.1) is 0 Å². The standard InChI is InChI=1S/C22H35N3O3.HI/c1-18(28-20-8-4-3-5-9-20)16-24-22(23-2)25-13-11-19(12-14-25)27-17-21-10-6-7-15-26-21;/h3-5,8-9,18-19,21H,6-7,10-17H2,1-2H3,(H,23,24);1H. The number of nitrogens with one attached hydrogen (secondary N) is 1. The lowest BCUT2D eigenvalue weighted by molar-refractivity contribution is -0.0721. The number of guanidine groups is 1. The van der Waals surface area contributed by atoms with E-state index in [1.165, 1.54) is 12.8 Å². The Morgan fingerprint density at radius 1 is 1.21 bits per heavy atom. The maximum Gasteiger partial charge on any atom is 0.193 e. The summed E-state index contributed by atoms with van der Waals surface area (Å²) in [5.41, 5.74) is 0. The summed E-state index contributed by atoms with van der Waals surface area (Å²) in [5.74, 6) is 1.84. The summed E-state index contributed by atoms with van der Waals surface area (Å²) in [6.07, 6.45) is 6.35. The van der Waals surface area contributed by atoms with E-state index in [4.69, 9.17) is 14.2 Å². The SMILES string of the molecule is CN=C(NCC(C)Oc1ccccc1)N1CCC(OCC2CCCCO2)CC1.I. The number of benzene rings is 1. The monoisotopic (exact) mass is 517 g/mol. The van der Waals surface area contributed by atoms with Crippen molar-refractivity contribution in [1.29, 1.82) is 0 Å². The molecule has 2 heterocycles. The van der Waals surface area contributed by atoms with E-state index < -0.39 is 0 Å². The molecule has 0 aliphatic carbocycles. The van der Waals surface area contributed by atoms with Gasteiger partial charge in [0.1, 0.15) is 11.9 Å². The van der Waals surface area contributed by atoms with E-state index in [9.17, 15) is 0 Å². The van der Waals surface area contributed by atoms with E-state index >= 15 is 0 Å². The fourth-order valence-electron chi connectivity index (χ4n) is 3.76. The van der Waals surface area contributed by atoms with Crippen molar-refractivity contribution in [2.75, 3.05) is 39.9 Å². The first-order valence-corrected chi connectivity index (χ1v) is 10.6. The lowest BCUT2D eigenvalue weighted by Gasteiger charge is -2.35. The molecule has 2 fully saturated rings. The fourth-order valence-corrected chi connectivity index (χ4v) is 3.76. The van der Waals surface area contributed by atoms with Crippen molar-refractivity contribution in [3.8, 4) is 5.75 Å². The quantitative estimate of drug-likeness (QED) is 0.340. The number of para-hydroxylation sites is 1. The highest BCUT2D eigenvalue weighted by atomic mass is 127. The lowest BCUT2D eigenvalue weighted by Crippen LogP contribution is -2.49. The van der Waals surface area contributed by atoms with E-state index in [2.05, 4.69) is 22.1 Å². The molecule has 2 unspecified atom stereocenters. The number of likely N-dealkylation sites (tertiary alicyclic amines) is 1. The van der Waals surface area contributed by atoms with Crippen LogP contribution in [0.15, 0.2) is 35.3 Å². The first-order chi connectivity index (χ1) is 13.7. The van der Waals surface area contributed by atoms with Gasteiger partial charge in [0.2, 0.25) is 0 Å². The molecule has 0 amide bonds. The topological polar surface area (TPSA) is 55.3 Å². The number of ether oxygens (including phenoxy) is 3. The predicted octanol–water partition coefficient (Wildman–Crippen LogP) is 3.70. The van der Waals surface area contributed by atoms with Crippen LogP contribution in [0.3, 0.4) is 0 Å². The molecular weight excluding hydrogens is 481 g/mol. The molecule has 6 nitrogen and oxygen atoms in total. The largest absolute Gasteiger partial charge is 0.489 e. The molecule has 29 heavy (non-hydrogen) atoms. The van der Waals surface area contributed by atoms with Gasteiger partial charge in [-0.05, 0) is 51.2 Å². The van der Waals surface area contributed by atoms with Crippen molar-refractivity contribution >= 4 is 29.9 Å². The number of aliphatic imine (C=N–C) groups is 1. The van der Waals surface area contributed by atoms with Gasteiger partial charge in [-0.3, -0.25) is 4.99 Å². The maximum absolute atomic E-state index is 6.12. The molecule has 164 valence electrons. The van der Waals surface area contributed by atoms with E-state index in [1.54, 1.807) is 0 Å². The molecule has 2 saturated heterocycles. The van der Waals surface area contributed by atoms with Crippen molar-refractivity contribution < 1.29 is 14.2 Å². The second-order valence-electron chi connectivity index (χ2n) is 7.68. The highest BCUT2D eigenvalue weighted by Gasteiger charge is 2.24. The molecule has 0 spiro atoms. The summed E-state index contributed by atoms with van der Waals surface area (Å²) < 4.78 is 17.8. The highest BCUT2D eigenvalue weighted by molar-refractivity contribution is 14.0. The molecule has 1 aromatic rings. The Labute approximate surface area is 192 Å². The van der Waals surface area contributed by atoms with Crippen LogP contribution in [0.4, 0.5) is 0 Å². The molecule has 3 rings (SSSR count). The van der Waals surface area contributed by atoms with Crippen LogP contribution >= 0.6 is 24.0 Å². The predicted molar refractivity (Wildman–Crippen MR) is 127 cm³/mol. The van der Waals surface area contributed by atoms with Gasteiger partial charge in [0.15, 0.2) is 5.96 Å². The molecule has 0 bridgehead atoms. The van der Waals surface area contributed by atoms with Crippen LogP contribution < -0.4 is 10.1 Å². The number of halogens is 1. The molecule has 2 atom stereocenters. The van der Waals surface area contributed by atoms with Crippen LogP contribution in [0.25, 0.3) is 0 Å². The van der Waals surface area contributed by atoms with Gasteiger partial charge in [0.05, 0.1) is 25.4 Å². The summed E-state index contributed by atoms with van der Waals surface area (Å²) in [7, 11) is 1.84. The van der Waals surface area contributed by atoms with Crippen LogP contribution in [-0.2, 0) is 9.47 Å². The normalized spacial score (nSPS) is 21.9. The third-order valence-electron chi connectivity index (χ3n) is 5.37. The Bertz CT molecular complexity index is 588. The molecule has 0 radical (unpaired) electrons. The second kappa shape index (κ2) is 13.3. The summed E-state index contributed by atoms with van der Waals surface area (Å²) in [6, 6.07) is 9.93. The molecule has 1 aromatic carbocycles. The van der Waals surface area contributed by atoms with Gasteiger partial charge < -0.3 is 24.4 Å². The summed E-state index contributed by atoms with van der Waals surface area (Å²) in [6.45, 7) is 6.35. The molecular formula is C22H36IN3O3. The minimum atomic E-state index is 0. The zero-order valence-corrected chi connectivity index (χ0v) is 20.0. The Morgan fingerprint density at radius 2 is 1.97 bits per heavy atom. The van der Waals surface area contributed by atoms with Crippen molar-refractivity contribution in [3.63, 3.8) is 0 Å². The Morgan fingerprint density at radius 3 is 2.62 bits per heavy atom. The van der Waals surface area contributed by atoms with Crippen LogP contribution in [0.1, 0.15) is 39.0 Å². The summed E-state index contributed by atoms with van der Waals surface area (Å²) in [5, 5.41) is 3.45. The maximum atomic E-state index is 6.12. The van der Waals surface area contributed by atoms with Gasteiger partial charge in [0.25, 0.3) is 0 Å². The molecule has 2 aliphatic heterocycles. The van der Waals surface area contributed by atoms with Crippen LogP contribution in [0.2, 0.25) is 0 Å². The first-order valence-electron chi connectivity index (χ1n) is 10.6. The Kier molecular flexibility index (Phi) is 11.1. The van der Waals surface area contributed by atoms with Gasteiger partial charge in [-0.15, -0.1) is 24.0 Å². The zero-order valence-electron chi connectivity index (χ0n) is 17.7. The van der Waals surface area contributed by atoms with Crippen molar-refractivity contribution in [1.82, 2.24) is 10.2 Å². The van der Waals surface area contributed by atoms with Crippen LogP contribution in [-0.4, -0.2) is 69.1 Å². The van der Waals surface area contributed by atoms with Gasteiger partial charge in [0, 0.05) is 26.7 Å². The molecule has 0 aromatic heterocycles. The summed E-state index contributed by atoms with van der Waals surface area (Å²) in [4.78, 5) is 6.76. The van der Waals surface area contributed by atoms with Crippen LogP contribution in [0.5, 0.6) is 5.75 Å². The van der Waals surface area contributed by atoms with Gasteiger partial charge in [-0.25, -0.2) is 0 Å². The van der Waals surface area contributed by atoms with E-state index in [0.29, 0.717) is 12.2 Å². The van der Waals surface area contributed by atoms with Crippen molar-refractivity contribution in [3.05, 3.63) is 30.3 Å². The molecule has 1 N–H and O–H groups in total. The molecule has 2 aliphatic rings. The third kappa shape index (κ3) is 8.30. The van der Waals surface area contributed by atoms with E-state index in [-0.39, 0.29) is 30.1 Å². The molecule has 7 heteroatoms. The van der Waals surface area contributed by atoms with E-state index in [0.717, 1.165) is 63.8 Å². The highest BCUT2D eigenvalue weighted by Crippen LogP contribution is 2.18. The fraction of sp³-hybridized carbons (Fsp3) is 0.682. The summed E-state index contributed by atoms with van der Waals surface area (Å²) >= 11 is 0. The number of hydrogen-bond acceptors (Lipinski definition) is 4. The van der Waals surface area contributed by atoms with Crippen molar-refractivity contribution in [2.24, 2.45) is 4.99 Å². The third-order valence-corrected chi connectivity index (χ3v) is 5.37. The number of piperidine rings is 1. The minimum Gasteiger partial charge on any atom is -0.489 e. The van der Waals surface area contributed by atoms with Gasteiger partial charge in [-0.2, -0.15) is 0 Å². The first kappa shape index (κ1) is 24.2. The van der Waals surface area contributed by atoms with Gasteiger partial charge in [-0.1, -0.05) is 18.2 Å². The number of hydrogen-bond donors (Lipinski definition) is 1. The van der Waals surface area contributed by atoms with E-state index in [1.807, 2.05) is 37.4 Å². The Hall–Kier alpha value is -1.06. The second-order valence-corrected chi connectivity index (χ2v) is 7.68. The number of nitrogens with zero attached hydrogens (tertiary/aromatic N) is 2. The van der Waals surface area contributed by atoms with Crippen molar-refractivity contribution in [2.45, 2.75) is 57.3 Å². The van der Waals surface area contributed by atoms with Gasteiger partial charge >= 0.3 is 0 Å². The number of rotatable bonds is 7. The lowest BCUT2D eigenvalue weighted by atomic mass is 10.1. The smallest absolute Gasteiger partial charge is 0.193 e. The zero-order chi connectivity index (χ0) is 19.6. The Balaban J connectivity index is 0.00000300. The minimum absolute atomic E-state index is 0. The average Bonchev–Trinajstić information content (AvgIpc) is 2.75. The molecule has 0 saturated carbocycles. The average molecular weight is 517 g/mol.